The van der Waals surface area contributed by atoms with Crippen molar-refractivity contribution in [3.8, 4) is 11.5 Å². The summed E-state index contributed by atoms with van der Waals surface area (Å²) in [4.78, 5) is 43.8. The van der Waals surface area contributed by atoms with E-state index in [2.05, 4.69) is 4.98 Å². The van der Waals surface area contributed by atoms with E-state index in [0.29, 0.717) is 47.6 Å². The van der Waals surface area contributed by atoms with E-state index in [4.69, 9.17) is 14.2 Å². The topological polar surface area (TPSA) is 95.0 Å². The minimum absolute atomic E-state index is 0.0785. The molecule has 1 heterocycles. The molecule has 0 saturated carbocycles. The number of carbonyl (C=O) groups excluding carboxylic acids is 3. The molecule has 0 fully saturated rings. The number of hydrogen-bond donors (Lipinski definition) is 0. The highest BCUT2D eigenvalue weighted by molar-refractivity contribution is 7.14. The summed E-state index contributed by atoms with van der Waals surface area (Å²) >= 11 is 1.30. The highest BCUT2D eigenvalue weighted by Gasteiger charge is 2.21. The fraction of sp³-hybridized carbons (Fsp3) is 0.308. The normalized spacial score (nSPS) is 10.5. The lowest BCUT2D eigenvalue weighted by molar-refractivity contribution is -0.116. The molecule has 1 aromatic heterocycles. The average molecular weight is 497 g/mol. The molecule has 0 aliphatic rings. The zero-order chi connectivity index (χ0) is 25.4. The molecule has 184 valence electrons. The summed E-state index contributed by atoms with van der Waals surface area (Å²) in [6, 6.07) is 11.4. The van der Waals surface area contributed by atoms with Crippen molar-refractivity contribution >= 4 is 34.1 Å². The third-order valence-corrected chi connectivity index (χ3v) is 5.93. The highest BCUT2D eigenvalue weighted by atomic mass is 32.1. The lowest BCUT2D eigenvalue weighted by atomic mass is 9.98. The number of amides is 1. The van der Waals surface area contributed by atoms with Crippen LogP contribution in [0.5, 0.6) is 11.5 Å². The number of carbonyl (C=O) groups is 3. The first-order valence-corrected chi connectivity index (χ1v) is 12.2. The Morgan fingerprint density at radius 2 is 1.63 bits per heavy atom. The van der Waals surface area contributed by atoms with Gasteiger partial charge in [-0.3, -0.25) is 14.5 Å². The monoisotopic (exact) mass is 496 g/mol. The van der Waals surface area contributed by atoms with Gasteiger partial charge in [-0.05, 0) is 45.0 Å². The van der Waals surface area contributed by atoms with E-state index >= 15 is 0 Å². The molecule has 0 unspecified atom stereocenters. The van der Waals surface area contributed by atoms with Crippen LogP contribution in [0.4, 0.5) is 5.13 Å². The third kappa shape index (κ3) is 6.24. The molecule has 0 radical (unpaired) electrons. The molecule has 0 atom stereocenters. The van der Waals surface area contributed by atoms with Crippen molar-refractivity contribution < 1.29 is 28.6 Å². The van der Waals surface area contributed by atoms with Crippen LogP contribution >= 0.6 is 11.3 Å². The minimum atomic E-state index is -0.640. The number of nitrogens with zero attached hydrogens (tertiary/aromatic N) is 2. The van der Waals surface area contributed by atoms with Gasteiger partial charge in [-0.1, -0.05) is 18.2 Å². The van der Waals surface area contributed by atoms with E-state index in [1.165, 1.54) is 23.2 Å². The van der Waals surface area contributed by atoms with Crippen LogP contribution in [0.15, 0.2) is 47.8 Å². The molecule has 2 aromatic carbocycles. The Bertz CT molecular complexity index is 1210. The number of anilines is 1. The van der Waals surface area contributed by atoms with E-state index in [-0.39, 0.29) is 29.4 Å². The number of rotatable bonds is 11. The second kappa shape index (κ2) is 12.1. The lowest BCUT2D eigenvalue weighted by Crippen LogP contribution is -2.27. The van der Waals surface area contributed by atoms with Crippen LogP contribution in [0.1, 0.15) is 59.7 Å². The number of ketones is 1. The molecule has 0 aliphatic carbocycles. The number of ether oxygens (including phenoxy) is 3. The Kier molecular flexibility index (Phi) is 8.97. The van der Waals surface area contributed by atoms with Crippen LogP contribution in [0.25, 0.3) is 0 Å². The predicted octanol–water partition coefficient (Wildman–Crippen LogP) is 4.90. The van der Waals surface area contributed by atoms with E-state index in [1.54, 1.807) is 47.8 Å². The molecule has 3 rings (SSSR count). The van der Waals surface area contributed by atoms with Crippen molar-refractivity contribution in [1.82, 2.24) is 4.98 Å². The van der Waals surface area contributed by atoms with E-state index in [1.807, 2.05) is 20.8 Å². The first-order chi connectivity index (χ1) is 16.9. The maximum absolute atomic E-state index is 13.3. The Balaban J connectivity index is 1.78. The molecule has 9 heteroatoms. The quantitative estimate of drug-likeness (QED) is 0.275. The van der Waals surface area contributed by atoms with Gasteiger partial charge in [0.05, 0.1) is 24.5 Å². The van der Waals surface area contributed by atoms with Gasteiger partial charge in [-0.25, -0.2) is 9.78 Å². The average Bonchev–Trinajstić information content (AvgIpc) is 3.32. The predicted molar refractivity (Wildman–Crippen MR) is 134 cm³/mol. The zero-order valence-electron chi connectivity index (χ0n) is 20.2. The van der Waals surface area contributed by atoms with Crippen LogP contribution in [0.2, 0.25) is 0 Å². The molecule has 0 saturated heterocycles. The Morgan fingerprint density at radius 1 is 0.943 bits per heavy atom. The van der Waals surface area contributed by atoms with Crippen LogP contribution < -0.4 is 14.4 Å². The van der Waals surface area contributed by atoms with E-state index in [0.717, 1.165) is 0 Å². The summed E-state index contributed by atoms with van der Waals surface area (Å²) in [6.07, 6.45) is 0. The van der Waals surface area contributed by atoms with Gasteiger partial charge in [0.25, 0.3) is 0 Å². The maximum atomic E-state index is 13.3. The Morgan fingerprint density at radius 3 is 2.29 bits per heavy atom. The summed E-state index contributed by atoms with van der Waals surface area (Å²) in [5.74, 6) is -0.0746. The highest BCUT2D eigenvalue weighted by Crippen LogP contribution is 2.30. The fourth-order valence-electron chi connectivity index (χ4n) is 3.40. The standard InChI is InChI=1S/C26H28N2O6S/c1-5-28(17(4)29)26-27-19(16-35-26)15-34-25(31)21-11-9-8-10-20(21)24(30)18-12-13-22(32-6-2)23(14-18)33-7-3/h8-14,16H,5-7,15H2,1-4H3. The molecule has 0 spiro atoms. The van der Waals surface area contributed by atoms with Gasteiger partial charge in [0, 0.05) is 30.0 Å². The second-order valence-corrected chi connectivity index (χ2v) is 8.20. The maximum Gasteiger partial charge on any atom is 0.339 e. The summed E-state index contributed by atoms with van der Waals surface area (Å²) in [6.45, 7) is 8.35. The SMILES string of the molecule is CCOc1ccc(C(=O)c2ccccc2C(=O)OCc2csc(N(CC)C(C)=O)n2)cc1OCC. The first kappa shape index (κ1) is 25.9. The molecule has 8 nitrogen and oxygen atoms in total. The van der Waals surface area contributed by atoms with Crippen LogP contribution in [-0.4, -0.2) is 42.4 Å². The van der Waals surface area contributed by atoms with Crippen LogP contribution in [0, 0.1) is 0 Å². The minimum Gasteiger partial charge on any atom is -0.490 e. The molecular formula is C26H28N2O6S. The van der Waals surface area contributed by atoms with Crippen molar-refractivity contribution in [3.63, 3.8) is 0 Å². The fourth-order valence-corrected chi connectivity index (χ4v) is 4.32. The van der Waals surface area contributed by atoms with E-state index in [9.17, 15) is 14.4 Å². The van der Waals surface area contributed by atoms with Gasteiger partial charge in [0.2, 0.25) is 5.91 Å². The molecule has 0 N–H and O–H groups in total. The molecule has 0 bridgehead atoms. The van der Waals surface area contributed by atoms with Crippen molar-refractivity contribution in [1.29, 1.82) is 0 Å². The third-order valence-electron chi connectivity index (χ3n) is 5.02. The number of thiazole rings is 1. The van der Waals surface area contributed by atoms with Gasteiger partial charge in [-0.2, -0.15) is 0 Å². The molecular weight excluding hydrogens is 468 g/mol. The first-order valence-electron chi connectivity index (χ1n) is 11.3. The number of hydrogen-bond acceptors (Lipinski definition) is 8. The van der Waals surface area contributed by atoms with E-state index < -0.39 is 5.97 Å². The summed E-state index contributed by atoms with van der Waals surface area (Å²) in [5.41, 5.74) is 1.26. The molecule has 35 heavy (non-hydrogen) atoms. The van der Waals surface area contributed by atoms with Crippen molar-refractivity contribution in [2.24, 2.45) is 0 Å². The summed E-state index contributed by atoms with van der Waals surface area (Å²) in [7, 11) is 0. The second-order valence-electron chi connectivity index (χ2n) is 7.36. The smallest absolute Gasteiger partial charge is 0.339 e. The Hall–Kier alpha value is -3.72. The Labute approximate surface area is 208 Å². The van der Waals surface area contributed by atoms with Gasteiger partial charge >= 0.3 is 5.97 Å². The van der Waals surface area contributed by atoms with Gasteiger partial charge in [0.1, 0.15) is 6.61 Å². The molecule has 1 amide bonds. The van der Waals surface area contributed by atoms with Crippen LogP contribution in [0.3, 0.4) is 0 Å². The van der Waals surface area contributed by atoms with Gasteiger partial charge in [0.15, 0.2) is 22.4 Å². The number of esters is 1. The van der Waals surface area contributed by atoms with Crippen molar-refractivity contribution in [3.05, 3.63) is 70.2 Å². The number of aromatic nitrogens is 1. The summed E-state index contributed by atoms with van der Waals surface area (Å²) in [5, 5.41) is 2.28. The van der Waals surface area contributed by atoms with Gasteiger partial charge in [-0.15, -0.1) is 11.3 Å². The lowest BCUT2D eigenvalue weighted by Gasteiger charge is -2.14. The number of benzene rings is 2. The molecule has 0 aliphatic heterocycles. The summed E-state index contributed by atoms with van der Waals surface area (Å²) < 4.78 is 16.6. The van der Waals surface area contributed by atoms with Gasteiger partial charge < -0.3 is 14.2 Å². The molecule has 3 aromatic rings. The largest absolute Gasteiger partial charge is 0.490 e. The van der Waals surface area contributed by atoms with Crippen molar-refractivity contribution in [2.75, 3.05) is 24.7 Å². The van der Waals surface area contributed by atoms with Crippen LogP contribution in [-0.2, 0) is 16.1 Å². The zero-order valence-corrected chi connectivity index (χ0v) is 21.0. The van der Waals surface area contributed by atoms with Crippen molar-refractivity contribution in [2.45, 2.75) is 34.3 Å².